The first-order chi connectivity index (χ1) is 6.61. The van der Waals surface area contributed by atoms with Crippen LogP contribution in [-0.4, -0.2) is 30.7 Å². The van der Waals surface area contributed by atoms with Crippen LogP contribution in [0, 0.1) is 0 Å². The van der Waals surface area contributed by atoms with Crippen molar-refractivity contribution in [2.24, 2.45) is 0 Å². The maximum absolute atomic E-state index is 11.1. The van der Waals surface area contributed by atoms with Crippen LogP contribution < -0.4 is 10.6 Å². The minimum Gasteiger partial charge on any atom is -0.466 e. The fourth-order valence-electron chi connectivity index (χ4n) is 1.53. The van der Waals surface area contributed by atoms with Gasteiger partial charge in [0.1, 0.15) is 0 Å². The summed E-state index contributed by atoms with van der Waals surface area (Å²) >= 11 is 0. The van der Waals surface area contributed by atoms with Gasteiger partial charge in [-0.15, -0.1) is 0 Å². The number of carbonyl (C=O) groups is 2. The van der Waals surface area contributed by atoms with E-state index in [1.165, 1.54) is 0 Å². The van der Waals surface area contributed by atoms with Gasteiger partial charge in [0.2, 0.25) is 5.91 Å². The summed E-state index contributed by atoms with van der Waals surface area (Å²) < 4.78 is 4.80. The minimum atomic E-state index is -0.257. The van der Waals surface area contributed by atoms with Crippen molar-refractivity contribution in [3.05, 3.63) is 0 Å². The van der Waals surface area contributed by atoms with Crippen LogP contribution in [0.2, 0.25) is 0 Å². The van der Waals surface area contributed by atoms with Gasteiger partial charge >= 0.3 is 5.97 Å². The molecule has 0 saturated carbocycles. The predicted octanol–water partition coefficient (Wildman–Crippen LogP) is -0.236. The molecule has 14 heavy (non-hydrogen) atoms. The number of hydrogen-bond acceptors (Lipinski definition) is 4. The first-order valence-corrected chi connectivity index (χ1v) is 4.83. The Hall–Kier alpha value is -1.10. The summed E-state index contributed by atoms with van der Waals surface area (Å²) in [5, 5.41) is 5.82. The van der Waals surface area contributed by atoms with Gasteiger partial charge in [0.25, 0.3) is 0 Å². The fourth-order valence-corrected chi connectivity index (χ4v) is 1.53. The van der Waals surface area contributed by atoms with Crippen molar-refractivity contribution in [1.82, 2.24) is 10.6 Å². The smallest absolute Gasteiger partial charge is 0.307 e. The highest BCUT2D eigenvalue weighted by Crippen LogP contribution is 2.05. The molecule has 1 fully saturated rings. The zero-order valence-corrected chi connectivity index (χ0v) is 8.50. The number of nitrogens with one attached hydrogen (secondary N) is 2. The molecule has 5 heteroatoms. The van der Waals surface area contributed by atoms with Crippen LogP contribution in [0.15, 0.2) is 0 Å². The van der Waals surface area contributed by atoms with Gasteiger partial charge < -0.3 is 10.1 Å². The normalized spacial score (nSPS) is 26.9. The lowest BCUT2D eigenvalue weighted by atomic mass is 10.1. The molecule has 1 aliphatic heterocycles. The van der Waals surface area contributed by atoms with Crippen molar-refractivity contribution in [3.63, 3.8) is 0 Å². The molecule has 2 N–H and O–H groups in total. The highest BCUT2D eigenvalue weighted by atomic mass is 16.5. The molecule has 0 aromatic heterocycles. The molecule has 0 radical (unpaired) electrons. The van der Waals surface area contributed by atoms with Gasteiger partial charge in [-0.2, -0.15) is 0 Å². The molecule has 1 amide bonds. The fraction of sp³-hybridized carbons (Fsp3) is 0.778. The molecule has 0 bridgehead atoms. The van der Waals surface area contributed by atoms with Crippen molar-refractivity contribution >= 4 is 11.9 Å². The van der Waals surface area contributed by atoms with Gasteiger partial charge in [-0.05, 0) is 13.8 Å². The molecule has 2 unspecified atom stereocenters. The molecule has 2 atom stereocenters. The molecule has 0 aromatic rings. The number of ether oxygens (including phenoxy) is 1. The third kappa shape index (κ3) is 3.33. The number of hydrogen-bond donors (Lipinski definition) is 2. The summed E-state index contributed by atoms with van der Waals surface area (Å²) in [7, 11) is 0. The average molecular weight is 200 g/mol. The summed E-state index contributed by atoms with van der Waals surface area (Å²) in [5.74, 6) is -0.280. The van der Waals surface area contributed by atoms with Crippen molar-refractivity contribution in [3.8, 4) is 0 Å². The average Bonchev–Trinajstić information content (AvgIpc) is 2.01. The van der Waals surface area contributed by atoms with Crippen LogP contribution in [-0.2, 0) is 14.3 Å². The molecule has 0 aliphatic carbocycles. The van der Waals surface area contributed by atoms with Crippen LogP contribution in [0.5, 0.6) is 0 Å². The molecule has 1 saturated heterocycles. The second kappa shape index (κ2) is 4.95. The van der Waals surface area contributed by atoms with E-state index in [-0.39, 0.29) is 30.5 Å². The van der Waals surface area contributed by atoms with Gasteiger partial charge in [0.15, 0.2) is 0 Å². The second-order valence-corrected chi connectivity index (χ2v) is 3.37. The van der Waals surface area contributed by atoms with E-state index in [0.717, 1.165) is 0 Å². The maximum atomic E-state index is 11.1. The molecule has 1 heterocycles. The predicted molar refractivity (Wildman–Crippen MR) is 50.4 cm³/mol. The van der Waals surface area contributed by atoms with Gasteiger partial charge in [-0.3, -0.25) is 14.9 Å². The van der Waals surface area contributed by atoms with Crippen molar-refractivity contribution < 1.29 is 14.3 Å². The molecular formula is C9H16N2O3. The zero-order valence-electron chi connectivity index (χ0n) is 8.50. The molecular weight excluding hydrogens is 184 g/mol. The summed E-state index contributed by atoms with van der Waals surface area (Å²) in [6.07, 6.45) is 0.519. The monoisotopic (exact) mass is 200 g/mol. The van der Waals surface area contributed by atoms with E-state index in [0.29, 0.717) is 13.0 Å². The molecule has 0 spiro atoms. The van der Waals surface area contributed by atoms with Gasteiger partial charge in [-0.1, -0.05) is 0 Å². The van der Waals surface area contributed by atoms with Crippen LogP contribution in [0.3, 0.4) is 0 Å². The van der Waals surface area contributed by atoms with Crippen molar-refractivity contribution in [1.29, 1.82) is 0 Å². The number of carbonyl (C=O) groups excluding carboxylic acids is 2. The van der Waals surface area contributed by atoms with E-state index >= 15 is 0 Å². The third-order valence-corrected chi connectivity index (χ3v) is 2.01. The number of rotatable bonds is 3. The van der Waals surface area contributed by atoms with Crippen LogP contribution in [0.4, 0.5) is 0 Å². The Labute approximate surface area is 83.2 Å². The molecule has 80 valence electrons. The van der Waals surface area contributed by atoms with E-state index in [1.807, 2.05) is 6.92 Å². The Bertz CT molecular complexity index is 230. The van der Waals surface area contributed by atoms with E-state index in [2.05, 4.69) is 10.6 Å². The minimum absolute atomic E-state index is 0.0226. The zero-order chi connectivity index (χ0) is 10.6. The van der Waals surface area contributed by atoms with Gasteiger partial charge in [0.05, 0.1) is 19.2 Å². The lowest BCUT2D eigenvalue weighted by Crippen LogP contribution is -2.55. The Morgan fingerprint density at radius 1 is 1.64 bits per heavy atom. The number of esters is 1. The van der Waals surface area contributed by atoms with Gasteiger partial charge in [0, 0.05) is 12.5 Å². The standard InChI is InChI=1S/C9H16N2O3/c1-3-14-9(13)5-7-4-8(12)11-6(2)10-7/h6-7,10H,3-5H2,1-2H3,(H,11,12). The Kier molecular flexibility index (Phi) is 3.88. The second-order valence-electron chi connectivity index (χ2n) is 3.37. The summed E-state index contributed by atoms with van der Waals surface area (Å²) in [4.78, 5) is 22.3. The molecule has 1 aliphatic rings. The number of amides is 1. The third-order valence-electron chi connectivity index (χ3n) is 2.01. The van der Waals surface area contributed by atoms with Crippen LogP contribution in [0.1, 0.15) is 26.7 Å². The molecule has 0 aromatic carbocycles. The lowest BCUT2D eigenvalue weighted by Gasteiger charge is -2.28. The van der Waals surface area contributed by atoms with Crippen LogP contribution >= 0.6 is 0 Å². The van der Waals surface area contributed by atoms with Crippen LogP contribution in [0.25, 0.3) is 0 Å². The SMILES string of the molecule is CCOC(=O)CC1CC(=O)NC(C)N1. The van der Waals surface area contributed by atoms with E-state index in [4.69, 9.17) is 4.74 Å². The van der Waals surface area contributed by atoms with E-state index in [9.17, 15) is 9.59 Å². The highest BCUT2D eigenvalue weighted by molar-refractivity contribution is 5.79. The van der Waals surface area contributed by atoms with Gasteiger partial charge in [-0.25, -0.2) is 0 Å². The molecule has 5 nitrogen and oxygen atoms in total. The topological polar surface area (TPSA) is 67.4 Å². The summed E-state index contributed by atoms with van der Waals surface area (Å²) in [6, 6.07) is -0.0993. The first kappa shape index (κ1) is 11.0. The van der Waals surface area contributed by atoms with Crippen molar-refractivity contribution in [2.45, 2.75) is 38.9 Å². The lowest BCUT2D eigenvalue weighted by molar-refractivity contribution is -0.144. The van der Waals surface area contributed by atoms with Crippen molar-refractivity contribution in [2.75, 3.05) is 6.61 Å². The quantitative estimate of drug-likeness (QED) is 0.617. The molecule has 1 rings (SSSR count). The maximum Gasteiger partial charge on any atom is 0.307 e. The van der Waals surface area contributed by atoms with E-state index < -0.39 is 0 Å². The summed E-state index contributed by atoms with van der Waals surface area (Å²) in [6.45, 7) is 3.99. The first-order valence-electron chi connectivity index (χ1n) is 4.83. The Morgan fingerprint density at radius 3 is 2.93 bits per heavy atom. The Balaban J connectivity index is 2.36. The highest BCUT2D eigenvalue weighted by Gasteiger charge is 2.25. The summed E-state index contributed by atoms with van der Waals surface area (Å²) in [5.41, 5.74) is 0. The largest absolute Gasteiger partial charge is 0.466 e. The van der Waals surface area contributed by atoms with E-state index in [1.54, 1.807) is 6.92 Å². The Morgan fingerprint density at radius 2 is 2.36 bits per heavy atom.